The molecular weight excluding hydrogens is 336 g/mol. The third-order valence-corrected chi connectivity index (χ3v) is 4.62. The van der Waals surface area contributed by atoms with Crippen molar-refractivity contribution in [2.45, 2.75) is 37.9 Å². The maximum Gasteiger partial charge on any atom is 0.328 e. The molecular formula is C17H18N6O3. The minimum absolute atomic E-state index is 0.0668. The van der Waals surface area contributed by atoms with Gasteiger partial charge in [-0.3, -0.25) is 9.80 Å². The van der Waals surface area contributed by atoms with Crippen LogP contribution >= 0.6 is 0 Å². The van der Waals surface area contributed by atoms with Gasteiger partial charge in [-0.15, -0.1) is 0 Å². The van der Waals surface area contributed by atoms with E-state index >= 15 is 0 Å². The molecule has 2 aliphatic rings. The van der Waals surface area contributed by atoms with Crippen molar-refractivity contribution in [3.63, 3.8) is 0 Å². The van der Waals surface area contributed by atoms with E-state index in [1.165, 1.54) is 11.3 Å². The lowest BCUT2D eigenvalue weighted by atomic mass is 10.1. The molecule has 2 atom stereocenters. The second kappa shape index (κ2) is 6.58. The molecule has 0 saturated carbocycles. The summed E-state index contributed by atoms with van der Waals surface area (Å²) < 4.78 is 1.78. The lowest BCUT2D eigenvalue weighted by molar-refractivity contribution is -0.138. The number of para-hydroxylation sites is 1. The lowest BCUT2D eigenvalue weighted by Crippen LogP contribution is -2.44. The van der Waals surface area contributed by atoms with Crippen LogP contribution in [0.25, 0.3) is 0 Å². The van der Waals surface area contributed by atoms with Crippen LogP contribution < -0.4 is 10.3 Å². The normalized spacial score (nSPS) is 21.8. The second-order valence-electron chi connectivity index (χ2n) is 6.35. The molecule has 2 unspecified atom stereocenters. The van der Waals surface area contributed by atoms with Crippen molar-refractivity contribution in [2.75, 3.05) is 5.01 Å². The molecule has 4 rings (SSSR count). The molecule has 9 nitrogen and oxygen atoms in total. The standard InChI is InChI=1S/C17H18N6O3/c24-16(20-11-6-7-15-18-10-19-22(15)9-11)13-8-14(17(25)26)23(21-13)12-4-2-1-3-5-12/h1-5,10-11,14H,6-9H2,(H,20,24)(H,25,26). The summed E-state index contributed by atoms with van der Waals surface area (Å²) in [5.74, 6) is -0.427. The van der Waals surface area contributed by atoms with Crippen LogP contribution in [0.15, 0.2) is 41.8 Å². The SMILES string of the molecule is O=C(NC1CCc2ncnn2C1)C1=NN(c2ccccc2)C(C(=O)O)C1. The zero-order valence-corrected chi connectivity index (χ0v) is 13.9. The summed E-state index contributed by atoms with van der Waals surface area (Å²) in [5.41, 5.74) is 0.873. The number of amides is 1. The predicted molar refractivity (Wildman–Crippen MR) is 92.7 cm³/mol. The Labute approximate surface area is 149 Å². The number of aromatic nitrogens is 3. The fourth-order valence-electron chi connectivity index (χ4n) is 3.28. The van der Waals surface area contributed by atoms with Crippen LogP contribution in [0.2, 0.25) is 0 Å². The first-order chi connectivity index (χ1) is 12.6. The van der Waals surface area contributed by atoms with E-state index in [9.17, 15) is 14.7 Å². The van der Waals surface area contributed by atoms with Crippen LogP contribution in [-0.4, -0.2) is 49.5 Å². The largest absolute Gasteiger partial charge is 0.480 e. The number of hydrazone groups is 1. The number of carbonyl (C=O) groups excluding carboxylic acids is 1. The topological polar surface area (TPSA) is 113 Å². The number of anilines is 1. The number of fused-ring (bicyclic) bond motifs is 1. The maximum atomic E-state index is 12.6. The first-order valence-electron chi connectivity index (χ1n) is 8.44. The molecule has 2 N–H and O–H groups in total. The first kappa shape index (κ1) is 16.2. The number of hydrogen-bond donors (Lipinski definition) is 2. The molecule has 0 radical (unpaired) electrons. The molecule has 2 aliphatic heterocycles. The summed E-state index contributed by atoms with van der Waals surface area (Å²) in [6, 6.07) is 8.04. The van der Waals surface area contributed by atoms with Gasteiger partial charge >= 0.3 is 5.97 Å². The Morgan fingerprint density at radius 1 is 1.23 bits per heavy atom. The third-order valence-electron chi connectivity index (χ3n) is 4.62. The smallest absolute Gasteiger partial charge is 0.328 e. The molecule has 2 aromatic rings. The minimum Gasteiger partial charge on any atom is -0.480 e. The summed E-state index contributed by atoms with van der Waals surface area (Å²) in [4.78, 5) is 28.4. The Morgan fingerprint density at radius 3 is 2.81 bits per heavy atom. The molecule has 1 amide bonds. The van der Waals surface area contributed by atoms with Gasteiger partial charge in [0, 0.05) is 18.9 Å². The van der Waals surface area contributed by atoms with Gasteiger partial charge in [-0.05, 0) is 18.6 Å². The number of nitrogens with zero attached hydrogens (tertiary/aromatic N) is 5. The third kappa shape index (κ3) is 3.03. The molecule has 1 aromatic heterocycles. The number of carbonyl (C=O) groups is 2. The molecule has 0 fully saturated rings. The van der Waals surface area contributed by atoms with Crippen LogP contribution in [0.5, 0.6) is 0 Å². The van der Waals surface area contributed by atoms with Gasteiger partial charge in [-0.25, -0.2) is 14.5 Å². The van der Waals surface area contributed by atoms with E-state index in [0.717, 1.165) is 18.7 Å². The van der Waals surface area contributed by atoms with Crippen molar-refractivity contribution in [3.05, 3.63) is 42.5 Å². The van der Waals surface area contributed by atoms with Crippen molar-refractivity contribution in [1.29, 1.82) is 0 Å². The van der Waals surface area contributed by atoms with Crippen molar-refractivity contribution in [2.24, 2.45) is 5.10 Å². The Balaban J connectivity index is 1.48. The minimum atomic E-state index is -1.01. The highest BCUT2D eigenvalue weighted by Crippen LogP contribution is 2.24. The van der Waals surface area contributed by atoms with Crippen molar-refractivity contribution in [1.82, 2.24) is 20.1 Å². The van der Waals surface area contributed by atoms with Gasteiger partial charge in [0.25, 0.3) is 5.91 Å². The van der Waals surface area contributed by atoms with Crippen molar-refractivity contribution < 1.29 is 14.7 Å². The molecule has 0 bridgehead atoms. The molecule has 3 heterocycles. The summed E-state index contributed by atoms with van der Waals surface area (Å²) in [7, 11) is 0. The van der Waals surface area contributed by atoms with Crippen molar-refractivity contribution in [3.8, 4) is 0 Å². The Morgan fingerprint density at radius 2 is 2.04 bits per heavy atom. The summed E-state index contributed by atoms with van der Waals surface area (Å²) >= 11 is 0. The molecule has 26 heavy (non-hydrogen) atoms. The first-order valence-corrected chi connectivity index (χ1v) is 8.44. The number of hydrogen-bond acceptors (Lipinski definition) is 6. The van der Waals surface area contributed by atoms with Gasteiger partial charge < -0.3 is 10.4 Å². The van der Waals surface area contributed by atoms with Gasteiger partial charge in [-0.2, -0.15) is 10.2 Å². The average molecular weight is 354 g/mol. The quantitative estimate of drug-likeness (QED) is 0.823. The number of benzene rings is 1. The Bertz CT molecular complexity index is 862. The number of aliphatic carboxylic acids is 1. The Hall–Kier alpha value is -3.23. The predicted octanol–water partition coefficient (Wildman–Crippen LogP) is 0.429. The van der Waals surface area contributed by atoms with E-state index in [0.29, 0.717) is 12.2 Å². The van der Waals surface area contributed by atoms with Gasteiger partial charge in [-0.1, -0.05) is 18.2 Å². The van der Waals surface area contributed by atoms with Gasteiger partial charge in [0.05, 0.1) is 12.2 Å². The van der Waals surface area contributed by atoms with E-state index in [4.69, 9.17) is 0 Å². The highest BCUT2D eigenvalue weighted by atomic mass is 16.4. The molecule has 1 aromatic carbocycles. The average Bonchev–Trinajstić information content (AvgIpc) is 3.29. The lowest BCUT2D eigenvalue weighted by Gasteiger charge is -2.23. The number of rotatable bonds is 4. The summed E-state index contributed by atoms with van der Waals surface area (Å²) in [6.07, 6.45) is 3.08. The number of carboxylic acids is 1. The van der Waals surface area contributed by atoms with Gasteiger partial charge in [0.2, 0.25) is 0 Å². The van der Waals surface area contributed by atoms with E-state index in [1.54, 1.807) is 28.9 Å². The second-order valence-corrected chi connectivity index (χ2v) is 6.35. The summed E-state index contributed by atoms with van der Waals surface area (Å²) in [5, 5.41) is 22.2. The molecule has 9 heteroatoms. The van der Waals surface area contributed by atoms with Crippen LogP contribution in [0.4, 0.5) is 5.69 Å². The van der Waals surface area contributed by atoms with Crippen LogP contribution in [0, 0.1) is 0 Å². The molecule has 0 aliphatic carbocycles. The highest BCUT2D eigenvalue weighted by molar-refractivity contribution is 6.40. The summed E-state index contributed by atoms with van der Waals surface area (Å²) in [6.45, 7) is 0.555. The van der Waals surface area contributed by atoms with E-state index in [-0.39, 0.29) is 24.1 Å². The van der Waals surface area contributed by atoms with Crippen LogP contribution in [-0.2, 0) is 22.6 Å². The zero-order valence-electron chi connectivity index (χ0n) is 13.9. The fraction of sp³-hybridized carbons (Fsp3) is 0.353. The van der Waals surface area contributed by atoms with Crippen LogP contribution in [0.3, 0.4) is 0 Å². The number of aryl methyl sites for hydroxylation is 1. The van der Waals surface area contributed by atoms with Gasteiger partial charge in [0.15, 0.2) is 6.04 Å². The highest BCUT2D eigenvalue weighted by Gasteiger charge is 2.36. The zero-order chi connectivity index (χ0) is 18.1. The van der Waals surface area contributed by atoms with E-state index < -0.39 is 12.0 Å². The Kier molecular flexibility index (Phi) is 4.11. The van der Waals surface area contributed by atoms with Crippen LogP contribution in [0.1, 0.15) is 18.7 Å². The number of carboxylic acid groups (broad SMARTS) is 1. The fourth-order valence-corrected chi connectivity index (χ4v) is 3.28. The monoisotopic (exact) mass is 354 g/mol. The molecule has 0 spiro atoms. The van der Waals surface area contributed by atoms with E-state index in [2.05, 4.69) is 20.5 Å². The molecule has 0 saturated heterocycles. The number of nitrogens with one attached hydrogen (secondary N) is 1. The maximum absolute atomic E-state index is 12.6. The van der Waals surface area contributed by atoms with E-state index in [1.807, 2.05) is 6.07 Å². The molecule has 134 valence electrons. The van der Waals surface area contributed by atoms with Crippen molar-refractivity contribution >= 4 is 23.3 Å². The van der Waals surface area contributed by atoms with Gasteiger partial charge in [0.1, 0.15) is 17.9 Å².